The fourth-order valence-corrected chi connectivity index (χ4v) is 4.57. The van der Waals surface area contributed by atoms with E-state index in [1.165, 1.54) is 36.4 Å². The molecule has 0 atom stereocenters. The van der Waals surface area contributed by atoms with Crippen LogP contribution in [0.5, 0.6) is 17.2 Å². The van der Waals surface area contributed by atoms with Crippen molar-refractivity contribution in [2.45, 2.75) is 78.6 Å². The molecule has 0 unspecified atom stereocenters. The van der Waals surface area contributed by atoms with E-state index < -0.39 is 23.5 Å². The van der Waals surface area contributed by atoms with Crippen molar-refractivity contribution in [3.8, 4) is 17.2 Å². The molecule has 0 saturated carbocycles. The summed E-state index contributed by atoms with van der Waals surface area (Å²) in [4.78, 5) is 62.0. The van der Waals surface area contributed by atoms with Crippen LogP contribution in [0.4, 0.5) is 0 Å². The van der Waals surface area contributed by atoms with Crippen molar-refractivity contribution in [3.63, 3.8) is 0 Å². The molecular formula is C30H39La2O12P3. The summed E-state index contributed by atoms with van der Waals surface area (Å²) in [6.07, 6.45) is 0. The van der Waals surface area contributed by atoms with Gasteiger partial charge in [0.1, 0.15) is 40.7 Å². The van der Waals surface area contributed by atoms with E-state index in [1.54, 1.807) is 36.4 Å². The van der Waals surface area contributed by atoms with Crippen molar-refractivity contribution in [1.29, 1.82) is 0 Å². The fourth-order valence-electron chi connectivity index (χ4n) is 3.43. The maximum absolute atomic E-state index is 10.3. The topological polar surface area (TPSA) is 217 Å². The van der Waals surface area contributed by atoms with E-state index in [2.05, 4.69) is 13.6 Å². The van der Waals surface area contributed by atoms with Gasteiger partial charge in [-0.15, -0.1) is 0 Å². The van der Waals surface area contributed by atoms with Crippen LogP contribution in [0.3, 0.4) is 0 Å². The van der Waals surface area contributed by atoms with Crippen molar-refractivity contribution in [2.75, 3.05) is 0 Å². The van der Waals surface area contributed by atoms with Gasteiger partial charge in [-0.25, -0.2) is 0 Å². The predicted octanol–water partition coefficient (Wildman–Crippen LogP) is 3.57. The number of phosphoric acid groups is 3. The van der Waals surface area contributed by atoms with Crippen LogP contribution in [0.2, 0.25) is 0 Å². The van der Waals surface area contributed by atoms with Gasteiger partial charge in [-0.2, -0.15) is 0 Å². The molecule has 0 bridgehead atoms. The molecule has 0 spiro atoms. The monoisotopic (exact) mass is 962 g/mol. The zero-order valence-corrected chi connectivity index (χ0v) is 37.8. The molecule has 0 N–H and O–H groups in total. The van der Waals surface area contributed by atoms with Crippen molar-refractivity contribution in [3.05, 3.63) is 89.5 Å². The van der Waals surface area contributed by atoms with Gasteiger partial charge < -0.3 is 56.6 Å². The molecular weight excluding hydrogens is 923 g/mol. The Bertz CT molecular complexity index is 1310. The Kier molecular flexibility index (Phi) is 20.3. The molecule has 0 aliphatic rings. The molecule has 0 heterocycles. The third-order valence-corrected chi connectivity index (χ3v) is 7.12. The summed E-state index contributed by atoms with van der Waals surface area (Å²) < 4.78 is 43.6. The van der Waals surface area contributed by atoms with E-state index in [0.29, 0.717) is 0 Å². The molecule has 0 radical (unpaired) electrons. The predicted molar refractivity (Wildman–Crippen MR) is 160 cm³/mol. The van der Waals surface area contributed by atoms with Gasteiger partial charge in [-0.05, 0) is 69.3 Å². The minimum atomic E-state index is -4.94. The quantitative estimate of drug-likeness (QED) is 0.324. The van der Waals surface area contributed by atoms with Crippen LogP contribution >= 0.6 is 23.5 Å². The summed E-state index contributed by atoms with van der Waals surface area (Å²) in [6.45, 7) is 18.3. The summed E-state index contributed by atoms with van der Waals surface area (Å²) in [5, 5.41) is 0. The maximum atomic E-state index is 10.3. The third-order valence-electron chi connectivity index (χ3n) is 5.81. The standard InChI is InChI=1S/3C10H15O4P.2La/c3*1-10(2,3)8-4-6-9(7-5-8)14-15(11,12)13;;/h3*4-7H,1-3H3,(H2,11,12,13);;/q;;;2*+3/p-6. The van der Waals surface area contributed by atoms with Gasteiger partial charge >= 0.3 is 71.2 Å². The summed E-state index contributed by atoms with van der Waals surface area (Å²) in [5.41, 5.74) is 3.08. The summed E-state index contributed by atoms with van der Waals surface area (Å²) in [5.74, 6) is 0.156. The molecule has 0 fully saturated rings. The molecule has 3 rings (SSSR count). The van der Waals surface area contributed by atoms with Crippen molar-refractivity contribution in [1.82, 2.24) is 0 Å². The molecule has 0 aromatic heterocycles. The fraction of sp³-hybridized carbons (Fsp3) is 0.400. The number of benzene rings is 3. The number of hydrogen-bond acceptors (Lipinski definition) is 12. The van der Waals surface area contributed by atoms with E-state index >= 15 is 0 Å². The van der Waals surface area contributed by atoms with Crippen LogP contribution in [-0.2, 0) is 29.9 Å². The van der Waals surface area contributed by atoms with E-state index in [9.17, 15) is 43.1 Å². The van der Waals surface area contributed by atoms with E-state index in [0.717, 1.165) is 16.7 Å². The number of phosphoric ester groups is 3. The van der Waals surface area contributed by atoms with E-state index in [4.69, 9.17) is 0 Å². The van der Waals surface area contributed by atoms with Crippen LogP contribution in [-0.4, -0.2) is 0 Å². The Hall–Kier alpha value is -0.100. The van der Waals surface area contributed by atoms with Crippen LogP contribution in [0.1, 0.15) is 79.0 Å². The number of rotatable bonds is 6. The second-order valence-electron chi connectivity index (χ2n) is 12.9. The van der Waals surface area contributed by atoms with Crippen LogP contribution < -0.4 is 42.9 Å². The van der Waals surface area contributed by atoms with Crippen LogP contribution in [0, 0.1) is 71.2 Å². The SMILES string of the molecule is CC(C)(C)c1ccc(OP(=O)([O-])[O-])cc1.CC(C)(C)c1ccc(OP(=O)([O-])[O-])cc1.CC(C)(C)c1ccc(OP(=O)([O-])[O-])cc1.[La+3].[La+3]. The second kappa shape index (κ2) is 19.5. The molecule has 3 aromatic carbocycles. The summed E-state index contributed by atoms with van der Waals surface area (Å²) >= 11 is 0. The Morgan fingerprint density at radius 1 is 0.383 bits per heavy atom. The molecule has 0 aliphatic heterocycles. The smallest absolute Gasteiger partial charge is 0.780 e. The Morgan fingerprint density at radius 3 is 0.638 bits per heavy atom. The molecule has 252 valence electrons. The minimum absolute atomic E-state index is 0. The first kappa shape index (κ1) is 49.0. The molecule has 3 aromatic rings. The van der Waals surface area contributed by atoms with Gasteiger partial charge in [0.05, 0.1) is 0 Å². The number of hydrogen-bond donors (Lipinski definition) is 0. The normalized spacial score (nSPS) is 12.1. The Balaban J connectivity index is 0. The first-order valence-electron chi connectivity index (χ1n) is 13.5. The van der Waals surface area contributed by atoms with Gasteiger partial charge in [-0.3, -0.25) is 0 Å². The average Bonchev–Trinajstić information content (AvgIpc) is 2.81. The first-order valence-corrected chi connectivity index (χ1v) is 17.9. The molecule has 47 heavy (non-hydrogen) atoms. The van der Waals surface area contributed by atoms with E-state index in [1.807, 2.05) is 62.3 Å². The molecule has 0 saturated heterocycles. The van der Waals surface area contributed by atoms with E-state index in [-0.39, 0.29) is 105 Å². The molecule has 0 aliphatic carbocycles. The Morgan fingerprint density at radius 2 is 0.532 bits per heavy atom. The van der Waals surface area contributed by atoms with Gasteiger partial charge in [0.25, 0.3) is 0 Å². The largest absolute Gasteiger partial charge is 3.00 e. The van der Waals surface area contributed by atoms with Gasteiger partial charge in [0.2, 0.25) is 0 Å². The van der Waals surface area contributed by atoms with Gasteiger partial charge in [-0.1, -0.05) is 98.7 Å². The van der Waals surface area contributed by atoms with Crippen LogP contribution in [0.15, 0.2) is 72.8 Å². The van der Waals surface area contributed by atoms with Crippen LogP contribution in [0.25, 0.3) is 0 Å². The molecule has 0 amide bonds. The summed E-state index contributed by atoms with van der Waals surface area (Å²) in [7, 11) is -14.8. The van der Waals surface area contributed by atoms with Crippen molar-refractivity contribution < 1.29 is 128 Å². The first-order chi connectivity index (χ1) is 20.1. The molecule has 12 nitrogen and oxygen atoms in total. The third kappa shape index (κ3) is 22.4. The van der Waals surface area contributed by atoms with Gasteiger partial charge in [0, 0.05) is 0 Å². The zero-order chi connectivity index (χ0) is 35.1. The maximum Gasteiger partial charge on any atom is 3.00 e. The minimum Gasteiger partial charge on any atom is -0.780 e. The summed E-state index contributed by atoms with van der Waals surface area (Å²) in [6, 6.07) is 19.3. The zero-order valence-electron chi connectivity index (χ0n) is 27.8. The Labute approximate surface area is 333 Å². The van der Waals surface area contributed by atoms with Crippen molar-refractivity contribution >= 4 is 23.5 Å². The van der Waals surface area contributed by atoms with Crippen molar-refractivity contribution in [2.24, 2.45) is 0 Å². The van der Waals surface area contributed by atoms with Gasteiger partial charge in [0.15, 0.2) is 0 Å². The average molecular weight is 962 g/mol. The molecule has 17 heteroatoms. The second-order valence-corrected chi connectivity index (χ2v) is 16.2.